The molecule has 0 unspecified atom stereocenters. The van der Waals surface area contributed by atoms with Crippen LogP contribution in [0, 0.1) is 0 Å². The number of hydrogen-bond acceptors (Lipinski definition) is 2. The van der Waals surface area contributed by atoms with Crippen molar-refractivity contribution in [3.63, 3.8) is 0 Å². The van der Waals surface area contributed by atoms with Gasteiger partial charge in [-0.2, -0.15) is 0 Å². The van der Waals surface area contributed by atoms with Crippen molar-refractivity contribution in [2.75, 3.05) is 13.1 Å². The Hall–Kier alpha value is -0.730. The average molecular weight is 285 g/mol. The van der Waals surface area contributed by atoms with Crippen LogP contribution in [0.25, 0.3) is 0 Å². The Morgan fingerprint density at radius 2 is 1.40 bits per heavy atom. The molecule has 20 heavy (non-hydrogen) atoms. The van der Waals surface area contributed by atoms with Gasteiger partial charge in [0.05, 0.1) is 0 Å². The lowest BCUT2D eigenvalue weighted by molar-refractivity contribution is 0.0295. The van der Waals surface area contributed by atoms with Crippen LogP contribution in [0.5, 0.6) is 0 Å². The summed E-state index contributed by atoms with van der Waals surface area (Å²) in [6, 6.07) is 0. The molecule has 0 bridgehead atoms. The van der Waals surface area contributed by atoms with Gasteiger partial charge in [-0.1, -0.05) is 52.4 Å². The van der Waals surface area contributed by atoms with Crippen molar-refractivity contribution in [2.45, 2.75) is 91.6 Å². The maximum absolute atomic E-state index is 11.4. The molecule has 1 aliphatic heterocycles. The fourth-order valence-corrected chi connectivity index (χ4v) is 2.08. The number of carbonyl (C=O) groups is 1. The average Bonchev–Trinajstić information content (AvgIpc) is 2.87. The molecule has 1 saturated heterocycles. The summed E-state index contributed by atoms with van der Waals surface area (Å²) in [4.78, 5) is 13.1. The number of nitrogens with zero attached hydrogens (tertiary/aromatic N) is 1. The van der Waals surface area contributed by atoms with Crippen LogP contribution < -0.4 is 0 Å². The quantitative estimate of drug-likeness (QED) is 0.634. The molecule has 0 saturated carbocycles. The summed E-state index contributed by atoms with van der Waals surface area (Å²) in [6.07, 6.45) is 10.5. The highest BCUT2D eigenvalue weighted by molar-refractivity contribution is 5.68. The van der Waals surface area contributed by atoms with E-state index >= 15 is 0 Å². The van der Waals surface area contributed by atoms with E-state index in [0.717, 1.165) is 25.9 Å². The highest BCUT2D eigenvalue weighted by Crippen LogP contribution is 2.14. The molecule has 0 atom stereocenters. The fraction of sp³-hybridized carbons (Fsp3) is 0.941. The molecule has 0 aromatic rings. The minimum Gasteiger partial charge on any atom is -0.444 e. The number of amides is 1. The van der Waals surface area contributed by atoms with Crippen molar-refractivity contribution >= 4 is 6.09 Å². The van der Waals surface area contributed by atoms with Crippen molar-refractivity contribution in [3.8, 4) is 0 Å². The highest BCUT2D eigenvalue weighted by Gasteiger charge is 2.23. The molecule has 1 amide bonds. The van der Waals surface area contributed by atoms with Gasteiger partial charge < -0.3 is 9.64 Å². The number of rotatable bonds is 5. The predicted molar refractivity (Wildman–Crippen MR) is 86.1 cm³/mol. The molecule has 120 valence electrons. The monoisotopic (exact) mass is 285 g/mol. The van der Waals surface area contributed by atoms with Crippen molar-refractivity contribution in [3.05, 3.63) is 0 Å². The Labute approximate surface area is 126 Å². The van der Waals surface area contributed by atoms with E-state index in [9.17, 15) is 4.79 Å². The molecule has 1 fully saturated rings. The topological polar surface area (TPSA) is 29.5 Å². The Morgan fingerprint density at radius 1 is 0.950 bits per heavy atom. The van der Waals surface area contributed by atoms with E-state index in [4.69, 9.17) is 4.74 Å². The molecule has 0 spiro atoms. The zero-order valence-corrected chi connectivity index (χ0v) is 14.3. The molecule has 1 rings (SSSR count). The molecule has 0 aromatic carbocycles. The molecular formula is C17H35NO2. The number of likely N-dealkylation sites (tertiary alicyclic amines) is 1. The molecule has 3 nitrogen and oxygen atoms in total. The second-order valence-electron chi connectivity index (χ2n) is 6.59. The molecule has 1 aliphatic rings. The highest BCUT2D eigenvalue weighted by atomic mass is 16.6. The smallest absolute Gasteiger partial charge is 0.410 e. The van der Waals surface area contributed by atoms with Gasteiger partial charge in [0.15, 0.2) is 0 Å². The Kier molecular flexibility index (Phi) is 10.6. The minimum atomic E-state index is -0.361. The first-order chi connectivity index (χ1) is 9.40. The standard InChI is InChI=1S/C9H17NO2.C8H18/c1-9(2,3)12-8(11)10-6-4-5-7-10;1-3-5-7-8-6-4-2/h4-7H2,1-3H3;3-8H2,1-2H3. The van der Waals surface area contributed by atoms with Crippen LogP contribution in [0.4, 0.5) is 4.79 Å². The zero-order chi connectivity index (χ0) is 15.4. The van der Waals surface area contributed by atoms with E-state index in [-0.39, 0.29) is 11.7 Å². The zero-order valence-electron chi connectivity index (χ0n) is 14.3. The van der Waals surface area contributed by atoms with E-state index in [1.54, 1.807) is 4.90 Å². The van der Waals surface area contributed by atoms with Crippen LogP contribution in [-0.4, -0.2) is 29.7 Å². The second-order valence-corrected chi connectivity index (χ2v) is 6.59. The maximum atomic E-state index is 11.4. The SMILES string of the molecule is CC(C)(C)OC(=O)N1CCCC1.CCCCCCCC. The first-order valence-corrected chi connectivity index (χ1v) is 8.38. The van der Waals surface area contributed by atoms with Crippen LogP contribution in [0.2, 0.25) is 0 Å². The number of carbonyl (C=O) groups excluding carboxylic acids is 1. The van der Waals surface area contributed by atoms with E-state index in [1.165, 1.54) is 38.5 Å². The third-order valence-electron chi connectivity index (χ3n) is 3.21. The first kappa shape index (κ1) is 19.3. The van der Waals surface area contributed by atoms with Gasteiger partial charge in [0, 0.05) is 13.1 Å². The Balaban J connectivity index is 0.000000396. The van der Waals surface area contributed by atoms with E-state index in [0.29, 0.717) is 0 Å². The van der Waals surface area contributed by atoms with Gasteiger partial charge in [-0.15, -0.1) is 0 Å². The van der Waals surface area contributed by atoms with Gasteiger partial charge in [-0.05, 0) is 33.6 Å². The van der Waals surface area contributed by atoms with Crippen molar-refractivity contribution in [1.82, 2.24) is 4.90 Å². The van der Waals surface area contributed by atoms with Crippen LogP contribution in [-0.2, 0) is 4.74 Å². The van der Waals surface area contributed by atoms with Crippen LogP contribution in [0.3, 0.4) is 0 Å². The third kappa shape index (κ3) is 11.1. The lowest BCUT2D eigenvalue weighted by atomic mass is 10.1. The third-order valence-corrected chi connectivity index (χ3v) is 3.21. The molecule has 1 heterocycles. The summed E-state index contributed by atoms with van der Waals surface area (Å²) < 4.78 is 5.21. The van der Waals surface area contributed by atoms with Crippen molar-refractivity contribution < 1.29 is 9.53 Å². The molecular weight excluding hydrogens is 250 g/mol. The molecule has 0 N–H and O–H groups in total. The summed E-state index contributed by atoms with van der Waals surface area (Å²) in [5.41, 5.74) is -0.361. The minimum absolute atomic E-state index is 0.167. The largest absolute Gasteiger partial charge is 0.444 e. The van der Waals surface area contributed by atoms with Gasteiger partial charge in [-0.25, -0.2) is 4.79 Å². The Bertz CT molecular complexity index is 234. The fourth-order valence-electron chi connectivity index (χ4n) is 2.08. The van der Waals surface area contributed by atoms with E-state index < -0.39 is 0 Å². The van der Waals surface area contributed by atoms with Gasteiger partial charge in [0.2, 0.25) is 0 Å². The number of ether oxygens (including phenoxy) is 1. The Morgan fingerprint density at radius 3 is 1.75 bits per heavy atom. The summed E-state index contributed by atoms with van der Waals surface area (Å²) in [6.45, 7) is 11.9. The molecule has 0 radical (unpaired) electrons. The predicted octanol–water partition coefficient (Wildman–Crippen LogP) is 5.38. The molecule has 3 heteroatoms. The molecule has 0 aromatic heterocycles. The van der Waals surface area contributed by atoms with E-state index in [2.05, 4.69) is 13.8 Å². The second kappa shape index (κ2) is 11.0. The van der Waals surface area contributed by atoms with Crippen LogP contribution in [0.1, 0.15) is 86.0 Å². The summed E-state index contributed by atoms with van der Waals surface area (Å²) in [7, 11) is 0. The van der Waals surface area contributed by atoms with Crippen LogP contribution in [0.15, 0.2) is 0 Å². The molecule has 0 aliphatic carbocycles. The van der Waals surface area contributed by atoms with Crippen LogP contribution >= 0.6 is 0 Å². The normalized spacial score (nSPS) is 14.8. The first-order valence-electron chi connectivity index (χ1n) is 8.38. The number of hydrogen-bond donors (Lipinski definition) is 0. The summed E-state index contributed by atoms with van der Waals surface area (Å²) in [5.74, 6) is 0. The summed E-state index contributed by atoms with van der Waals surface area (Å²) >= 11 is 0. The van der Waals surface area contributed by atoms with Crippen molar-refractivity contribution in [2.24, 2.45) is 0 Å². The van der Waals surface area contributed by atoms with Gasteiger partial charge in [-0.3, -0.25) is 0 Å². The maximum Gasteiger partial charge on any atom is 0.410 e. The van der Waals surface area contributed by atoms with Crippen molar-refractivity contribution in [1.29, 1.82) is 0 Å². The van der Waals surface area contributed by atoms with Gasteiger partial charge in [0.1, 0.15) is 5.60 Å². The van der Waals surface area contributed by atoms with E-state index in [1.807, 2.05) is 20.8 Å². The summed E-state index contributed by atoms with van der Waals surface area (Å²) in [5, 5.41) is 0. The van der Waals surface area contributed by atoms with Gasteiger partial charge in [0.25, 0.3) is 0 Å². The van der Waals surface area contributed by atoms with Gasteiger partial charge >= 0.3 is 6.09 Å². The number of unbranched alkanes of at least 4 members (excludes halogenated alkanes) is 5. The lowest BCUT2D eigenvalue weighted by Gasteiger charge is -2.23. The lowest BCUT2D eigenvalue weighted by Crippen LogP contribution is -2.34.